The Morgan fingerprint density at radius 2 is 0.909 bits per heavy atom. The van der Waals surface area contributed by atoms with E-state index in [-0.39, 0.29) is 0 Å². The molecule has 22 heavy (non-hydrogen) atoms. The summed E-state index contributed by atoms with van der Waals surface area (Å²) in [7, 11) is 0. The standard InChI is InChI=1S/C12H12O2S8/c13-5-3-17-9-10(18-4-6(5)14)22-12(21-9)11-19-7-8(20-11)16-2-1-15-7/h5-6,13-14H,1-4H2/t5-,6-/m1/s1. The van der Waals surface area contributed by atoms with Gasteiger partial charge in [-0.15, -0.1) is 47.0 Å². The van der Waals surface area contributed by atoms with Gasteiger partial charge in [0, 0.05) is 23.0 Å². The van der Waals surface area contributed by atoms with Crippen molar-refractivity contribution >= 4 is 94.1 Å². The number of hydrogen-bond acceptors (Lipinski definition) is 10. The minimum atomic E-state index is -0.620. The molecule has 2 nitrogen and oxygen atoms in total. The molecule has 10 heteroatoms. The highest BCUT2D eigenvalue weighted by Gasteiger charge is 2.33. The van der Waals surface area contributed by atoms with E-state index in [1.807, 2.05) is 70.6 Å². The van der Waals surface area contributed by atoms with Gasteiger partial charge in [-0.3, -0.25) is 0 Å². The first-order valence-corrected chi connectivity index (χ1v) is 13.7. The van der Waals surface area contributed by atoms with Crippen LogP contribution in [-0.4, -0.2) is 45.4 Å². The molecule has 0 fully saturated rings. The molecule has 0 saturated carbocycles. The Morgan fingerprint density at radius 3 is 1.32 bits per heavy atom. The van der Waals surface area contributed by atoms with Crippen LogP contribution < -0.4 is 0 Å². The molecule has 2 N–H and O–H groups in total. The average Bonchev–Trinajstić information content (AvgIpc) is 3.12. The third-order valence-corrected chi connectivity index (χ3v) is 15.0. The van der Waals surface area contributed by atoms with Crippen molar-refractivity contribution in [1.29, 1.82) is 0 Å². The summed E-state index contributed by atoms with van der Waals surface area (Å²) >= 11 is 14.9. The van der Waals surface area contributed by atoms with Gasteiger partial charge in [-0.25, -0.2) is 0 Å². The highest BCUT2D eigenvalue weighted by Crippen LogP contribution is 2.67. The lowest BCUT2D eigenvalue weighted by atomic mass is 10.3. The Hall–Kier alpha value is 1.94. The molecular weight excluding hydrogens is 433 g/mol. The maximum atomic E-state index is 9.87. The van der Waals surface area contributed by atoms with Gasteiger partial charge in [-0.2, -0.15) is 0 Å². The van der Waals surface area contributed by atoms with E-state index in [2.05, 4.69) is 0 Å². The summed E-state index contributed by atoms with van der Waals surface area (Å²) in [6.45, 7) is 0. The van der Waals surface area contributed by atoms with E-state index in [4.69, 9.17) is 0 Å². The number of thioether (sulfide) groups is 8. The highest BCUT2D eigenvalue weighted by molar-refractivity contribution is 8.45. The normalized spacial score (nSPS) is 33.0. The first-order valence-electron chi connectivity index (χ1n) is 6.52. The van der Waals surface area contributed by atoms with Gasteiger partial charge < -0.3 is 10.2 Å². The topological polar surface area (TPSA) is 40.5 Å². The highest BCUT2D eigenvalue weighted by atomic mass is 32.3. The molecule has 4 aliphatic rings. The van der Waals surface area contributed by atoms with E-state index in [1.165, 1.54) is 36.9 Å². The predicted octanol–water partition coefficient (Wildman–Crippen LogP) is 5.01. The van der Waals surface area contributed by atoms with E-state index in [1.54, 1.807) is 23.5 Å². The summed E-state index contributed by atoms with van der Waals surface area (Å²) in [5.74, 6) is 3.60. The van der Waals surface area contributed by atoms with Crippen molar-refractivity contribution < 1.29 is 10.2 Å². The second-order valence-electron chi connectivity index (χ2n) is 4.59. The molecule has 4 heterocycles. The summed E-state index contributed by atoms with van der Waals surface area (Å²) in [5, 5.41) is 19.7. The first kappa shape index (κ1) is 17.4. The fourth-order valence-corrected chi connectivity index (χ4v) is 14.0. The van der Waals surface area contributed by atoms with Crippen molar-refractivity contribution in [2.24, 2.45) is 0 Å². The molecule has 4 aliphatic heterocycles. The second kappa shape index (κ2) is 7.67. The number of aliphatic hydroxyl groups excluding tert-OH is 2. The summed E-state index contributed by atoms with van der Waals surface area (Å²) in [4.78, 5) is 0. The van der Waals surface area contributed by atoms with Gasteiger partial charge in [0.2, 0.25) is 0 Å². The van der Waals surface area contributed by atoms with Crippen LogP contribution in [0.3, 0.4) is 0 Å². The quantitative estimate of drug-likeness (QED) is 0.533. The van der Waals surface area contributed by atoms with Gasteiger partial charge >= 0.3 is 0 Å². The van der Waals surface area contributed by atoms with Gasteiger partial charge in [-0.1, -0.05) is 47.0 Å². The minimum Gasteiger partial charge on any atom is -0.390 e. The maximum Gasteiger partial charge on any atom is 0.0901 e. The van der Waals surface area contributed by atoms with Gasteiger partial charge in [0.05, 0.1) is 37.6 Å². The number of hydrogen-bond donors (Lipinski definition) is 2. The largest absolute Gasteiger partial charge is 0.390 e. The molecule has 0 aromatic rings. The van der Waals surface area contributed by atoms with Crippen molar-refractivity contribution in [2.75, 3.05) is 23.0 Å². The molecule has 0 spiro atoms. The van der Waals surface area contributed by atoms with E-state index in [9.17, 15) is 10.2 Å². The van der Waals surface area contributed by atoms with Crippen LogP contribution in [0, 0.1) is 0 Å². The minimum absolute atomic E-state index is 0.581. The molecule has 0 aromatic carbocycles. The van der Waals surface area contributed by atoms with Gasteiger partial charge in [0.25, 0.3) is 0 Å². The number of aliphatic hydroxyl groups is 2. The molecular formula is C12H12O2S8. The molecule has 2 atom stereocenters. The fourth-order valence-electron chi connectivity index (χ4n) is 1.88. The van der Waals surface area contributed by atoms with Gasteiger partial charge in [0.15, 0.2) is 0 Å². The Bertz CT molecular complexity index is 538. The van der Waals surface area contributed by atoms with Crippen LogP contribution in [0.2, 0.25) is 0 Å². The van der Waals surface area contributed by atoms with Crippen LogP contribution >= 0.6 is 94.1 Å². The van der Waals surface area contributed by atoms with Crippen LogP contribution in [0.1, 0.15) is 0 Å². The van der Waals surface area contributed by atoms with E-state index >= 15 is 0 Å². The summed E-state index contributed by atoms with van der Waals surface area (Å²) in [6, 6.07) is 0. The third kappa shape index (κ3) is 3.71. The molecule has 0 radical (unpaired) electrons. The maximum absolute atomic E-state index is 9.87. The van der Waals surface area contributed by atoms with Crippen molar-refractivity contribution in [3.8, 4) is 0 Å². The van der Waals surface area contributed by atoms with E-state index < -0.39 is 12.2 Å². The second-order valence-corrected chi connectivity index (χ2v) is 14.5. The predicted molar refractivity (Wildman–Crippen MR) is 113 cm³/mol. The Balaban J connectivity index is 1.49. The van der Waals surface area contributed by atoms with E-state index in [0.717, 1.165) is 0 Å². The van der Waals surface area contributed by atoms with Crippen molar-refractivity contribution in [3.63, 3.8) is 0 Å². The summed E-state index contributed by atoms with van der Waals surface area (Å²) in [5.41, 5.74) is 0. The van der Waals surface area contributed by atoms with Crippen LogP contribution in [-0.2, 0) is 0 Å². The van der Waals surface area contributed by atoms with Crippen LogP contribution in [0.15, 0.2) is 25.4 Å². The zero-order valence-electron chi connectivity index (χ0n) is 11.1. The van der Waals surface area contributed by atoms with Crippen LogP contribution in [0.5, 0.6) is 0 Å². The van der Waals surface area contributed by atoms with Crippen LogP contribution in [0.25, 0.3) is 0 Å². The van der Waals surface area contributed by atoms with E-state index in [0.29, 0.717) is 11.5 Å². The monoisotopic (exact) mass is 444 g/mol. The fraction of sp³-hybridized carbons (Fsp3) is 0.500. The van der Waals surface area contributed by atoms with Gasteiger partial charge in [0.1, 0.15) is 0 Å². The van der Waals surface area contributed by atoms with Crippen molar-refractivity contribution in [1.82, 2.24) is 0 Å². The van der Waals surface area contributed by atoms with Crippen molar-refractivity contribution in [3.05, 3.63) is 25.4 Å². The molecule has 0 amide bonds. The summed E-state index contributed by atoms with van der Waals surface area (Å²) < 4.78 is 8.35. The molecule has 4 rings (SSSR count). The lowest BCUT2D eigenvalue weighted by molar-refractivity contribution is 0.0501. The SMILES string of the molecule is O[C@@H]1CSC2=C(SC[C@H]1O)SC(=C1SC3=C(SCCS3)S1)S2. The molecule has 0 saturated heterocycles. The third-order valence-electron chi connectivity index (χ3n) is 3.01. The van der Waals surface area contributed by atoms with Gasteiger partial charge in [-0.05, 0) is 0 Å². The van der Waals surface area contributed by atoms with Crippen LogP contribution in [0.4, 0.5) is 0 Å². The lowest BCUT2D eigenvalue weighted by Crippen LogP contribution is -2.30. The molecule has 0 aromatic heterocycles. The Morgan fingerprint density at radius 1 is 0.545 bits per heavy atom. The molecule has 0 bridgehead atoms. The molecule has 120 valence electrons. The zero-order chi connectivity index (χ0) is 15.1. The molecule has 0 aliphatic carbocycles. The summed E-state index contributed by atoms with van der Waals surface area (Å²) in [6.07, 6.45) is -1.24. The van der Waals surface area contributed by atoms with Crippen molar-refractivity contribution in [2.45, 2.75) is 12.2 Å². The Kier molecular flexibility index (Phi) is 6.05. The average molecular weight is 445 g/mol. The lowest BCUT2D eigenvalue weighted by Gasteiger charge is -2.20. The number of rotatable bonds is 0. The Labute approximate surface area is 163 Å². The smallest absolute Gasteiger partial charge is 0.0901 e. The zero-order valence-corrected chi connectivity index (χ0v) is 17.7. The molecule has 0 unspecified atom stereocenters. The first-order chi connectivity index (χ1) is 10.7.